The van der Waals surface area contributed by atoms with E-state index in [2.05, 4.69) is 31.1 Å². The minimum absolute atomic E-state index is 0.0873. The lowest BCUT2D eigenvalue weighted by Crippen LogP contribution is -2.25. The maximum atomic E-state index is 12.4. The number of aromatic amines is 1. The second-order valence-corrected chi connectivity index (χ2v) is 7.22. The molecule has 1 aliphatic rings. The Bertz CT molecular complexity index is 1040. The number of nitrogens with zero attached hydrogens (tertiary/aromatic N) is 3. The van der Waals surface area contributed by atoms with Crippen molar-refractivity contribution < 1.29 is 19.1 Å². The van der Waals surface area contributed by atoms with Crippen LogP contribution in [0.25, 0.3) is 10.9 Å². The van der Waals surface area contributed by atoms with E-state index in [-0.39, 0.29) is 30.4 Å². The second kappa shape index (κ2) is 6.99. The number of amides is 2. The smallest absolute Gasteiger partial charge is 0.270 e. The van der Waals surface area contributed by atoms with E-state index in [0.717, 1.165) is 4.47 Å². The number of azo groups is 1. The molecule has 1 atom stereocenters. The molecule has 1 unspecified atom stereocenters. The Labute approximate surface area is 162 Å². The standard InChI is InChI=1S/C18H15BrN4O4/c19-11-3-4-14-13(7-11)16(18(26)20-14)21-22-17(25)10-6-15(24)23(8-10)9-12-2-1-5-27-12/h1-5,7,10,20,26H,6,8-9H2. The zero-order valence-electron chi connectivity index (χ0n) is 14.1. The molecule has 0 saturated carbocycles. The number of rotatable bonds is 4. The molecule has 2 N–H and O–H groups in total. The molecule has 0 bridgehead atoms. The summed E-state index contributed by atoms with van der Waals surface area (Å²) in [6, 6.07) is 8.90. The van der Waals surface area contributed by atoms with E-state index in [9.17, 15) is 14.7 Å². The number of furan rings is 1. The number of benzene rings is 1. The molecule has 4 rings (SSSR count). The van der Waals surface area contributed by atoms with Crippen LogP contribution in [0.15, 0.2) is 55.7 Å². The fourth-order valence-electron chi connectivity index (χ4n) is 3.10. The van der Waals surface area contributed by atoms with E-state index in [0.29, 0.717) is 23.2 Å². The van der Waals surface area contributed by atoms with Crippen molar-refractivity contribution in [2.45, 2.75) is 13.0 Å². The fraction of sp³-hybridized carbons (Fsp3) is 0.222. The SMILES string of the molecule is O=C(N=Nc1c(O)[nH]c2ccc(Br)cc12)C1CC(=O)N(Cc2ccco2)C1. The molecule has 9 heteroatoms. The number of hydrogen-bond acceptors (Lipinski definition) is 5. The van der Waals surface area contributed by atoms with Gasteiger partial charge in [-0.1, -0.05) is 15.9 Å². The number of nitrogens with one attached hydrogen (secondary N) is 1. The summed E-state index contributed by atoms with van der Waals surface area (Å²) in [5, 5.41) is 18.3. The number of H-pyrrole nitrogens is 1. The van der Waals surface area contributed by atoms with Crippen LogP contribution >= 0.6 is 15.9 Å². The fourth-order valence-corrected chi connectivity index (χ4v) is 3.46. The number of aromatic hydroxyl groups is 1. The number of halogens is 1. The zero-order valence-corrected chi connectivity index (χ0v) is 15.6. The molecule has 138 valence electrons. The largest absolute Gasteiger partial charge is 0.493 e. The van der Waals surface area contributed by atoms with Crippen molar-refractivity contribution in [1.82, 2.24) is 9.88 Å². The first-order valence-corrected chi connectivity index (χ1v) is 9.06. The number of hydrogen-bond donors (Lipinski definition) is 2. The second-order valence-electron chi connectivity index (χ2n) is 6.31. The highest BCUT2D eigenvalue weighted by Crippen LogP contribution is 2.37. The number of carbonyl (C=O) groups is 2. The molecule has 0 aliphatic carbocycles. The third kappa shape index (κ3) is 3.50. The van der Waals surface area contributed by atoms with Crippen LogP contribution in [0.4, 0.5) is 5.69 Å². The predicted octanol–water partition coefficient (Wildman–Crippen LogP) is 3.89. The van der Waals surface area contributed by atoms with Crippen molar-refractivity contribution in [3.63, 3.8) is 0 Å². The maximum absolute atomic E-state index is 12.4. The summed E-state index contributed by atoms with van der Waals surface area (Å²) in [7, 11) is 0. The van der Waals surface area contributed by atoms with Crippen LogP contribution in [0.1, 0.15) is 12.2 Å². The van der Waals surface area contributed by atoms with Gasteiger partial charge in [-0.15, -0.1) is 10.2 Å². The van der Waals surface area contributed by atoms with E-state index in [1.807, 2.05) is 6.07 Å². The molecule has 0 spiro atoms. The van der Waals surface area contributed by atoms with Crippen molar-refractivity contribution in [3.8, 4) is 5.88 Å². The number of carbonyl (C=O) groups excluding carboxylic acids is 2. The first kappa shape index (κ1) is 17.5. The van der Waals surface area contributed by atoms with Crippen LogP contribution in [0.5, 0.6) is 5.88 Å². The summed E-state index contributed by atoms with van der Waals surface area (Å²) in [5.74, 6) is -0.683. The van der Waals surface area contributed by atoms with E-state index < -0.39 is 11.8 Å². The van der Waals surface area contributed by atoms with Gasteiger partial charge in [0.1, 0.15) is 5.76 Å². The van der Waals surface area contributed by atoms with Gasteiger partial charge in [-0.25, -0.2) is 0 Å². The lowest BCUT2D eigenvalue weighted by molar-refractivity contribution is -0.129. The lowest BCUT2D eigenvalue weighted by atomic mass is 10.1. The normalized spacial score (nSPS) is 17.4. The quantitative estimate of drug-likeness (QED) is 0.611. The minimum Gasteiger partial charge on any atom is -0.493 e. The Morgan fingerprint density at radius 3 is 3.04 bits per heavy atom. The molecular weight excluding hydrogens is 416 g/mol. The molecule has 1 aromatic carbocycles. The molecule has 1 aliphatic heterocycles. The first-order valence-electron chi connectivity index (χ1n) is 8.27. The minimum atomic E-state index is -0.560. The third-order valence-corrected chi connectivity index (χ3v) is 4.95. The topological polar surface area (TPSA) is 111 Å². The number of fused-ring (bicyclic) bond motifs is 1. The van der Waals surface area contributed by atoms with Crippen LogP contribution in [-0.4, -0.2) is 33.3 Å². The van der Waals surface area contributed by atoms with E-state index in [4.69, 9.17) is 4.42 Å². The van der Waals surface area contributed by atoms with Gasteiger partial charge >= 0.3 is 0 Å². The van der Waals surface area contributed by atoms with Crippen LogP contribution < -0.4 is 0 Å². The average Bonchev–Trinajstić information content (AvgIpc) is 3.34. The van der Waals surface area contributed by atoms with Crippen molar-refractivity contribution in [2.75, 3.05) is 6.54 Å². The van der Waals surface area contributed by atoms with Crippen molar-refractivity contribution in [3.05, 3.63) is 46.8 Å². The highest BCUT2D eigenvalue weighted by Gasteiger charge is 2.34. The monoisotopic (exact) mass is 430 g/mol. The van der Waals surface area contributed by atoms with Gasteiger partial charge in [0.25, 0.3) is 5.91 Å². The molecular formula is C18H15BrN4O4. The average molecular weight is 431 g/mol. The van der Waals surface area contributed by atoms with E-state index >= 15 is 0 Å². The Morgan fingerprint density at radius 2 is 2.26 bits per heavy atom. The van der Waals surface area contributed by atoms with Crippen molar-refractivity contribution in [1.29, 1.82) is 0 Å². The predicted molar refractivity (Wildman–Crippen MR) is 99.4 cm³/mol. The highest BCUT2D eigenvalue weighted by molar-refractivity contribution is 9.10. The lowest BCUT2D eigenvalue weighted by Gasteiger charge is -2.13. The third-order valence-electron chi connectivity index (χ3n) is 4.45. The first-order chi connectivity index (χ1) is 13.0. The Hall–Kier alpha value is -2.94. The molecule has 2 aromatic heterocycles. The Kier molecular flexibility index (Phi) is 4.53. The Balaban J connectivity index is 1.49. The van der Waals surface area contributed by atoms with Crippen LogP contribution in [0, 0.1) is 5.92 Å². The molecule has 3 heterocycles. The molecule has 1 saturated heterocycles. The van der Waals surface area contributed by atoms with Gasteiger partial charge in [0.2, 0.25) is 11.8 Å². The van der Waals surface area contributed by atoms with Gasteiger partial charge < -0.3 is 19.4 Å². The molecule has 2 amide bonds. The molecule has 1 fully saturated rings. The summed E-state index contributed by atoms with van der Waals surface area (Å²) in [6.07, 6.45) is 1.63. The van der Waals surface area contributed by atoms with Crippen molar-refractivity contribution in [2.24, 2.45) is 16.1 Å². The van der Waals surface area contributed by atoms with Crippen LogP contribution in [-0.2, 0) is 16.1 Å². The van der Waals surface area contributed by atoms with Crippen LogP contribution in [0.3, 0.4) is 0 Å². The van der Waals surface area contributed by atoms with E-state index in [1.165, 1.54) is 0 Å². The molecule has 3 aromatic rings. The van der Waals surface area contributed by atoms with Gasteiger partial charge in [0.15, 0.2) is 5.69 Å². The van der Waals surface area contributed by atoms with Gasteiger partial charge in [-0.05, 0) is 30.3 Å². The summed E-state index contributed by atoms with van der Waals surface area (Å²) >= 11 is 3.36. The van der Waals surface area contributed by atoms with Crippen LogP contribution in [0.2, 0.25) is 0 Å². The molecule has 8 nitrogen and oxygen atoms in total. The summed E-state index contributed by atoms with van der Waals surface area (Å²) in [6.45, 7) is 0.590. The maximum Gasteiger partial charge on any atom is 0.270 e. The zero-order chi connectivity index (χ0) is 19.0. The van der Waals surface area contributed by atoms with Gasteiger partial charge in [-0.3, -0.25) is 9.59 Å². The highest BCUT2D eigenvalue weighted by atomic mass is 79.9. The van der Waals surface area contributed by atoms with Crippen molar-refractivity contribution >= 4 is 44.3 Å². The van der Waals surface area contributed by atoms with Gasteiger partial charge in [0, 0.05) is 22.8 Å². The Morgan fingerprint density at radius 1 is 1.41 bits per heavy atom. The summed E-state index contributed by atoms with van der Waals surface area (Å²) < 4.78 is 6.06. The number of likely N-dealkylation sites (tertiary alicyclic amines) is 1. The number of aromatic nitrogens is 1. The van der Waals surface area contributed by atoms with E-state index in [1.54, 1.807) is 35.4 Å². The molecule has 0 radical (unpaired) electrons. The van der Waals surface area contributed by atoms with Gasteiger partial charge in [-0.2, -0.15) is 0 Å². The summed E-state index contributed by atoms with van der Waals surface area (Å²) in [4.78, 5) is 28.9. The summed E-state index contributed by atoms with van der Waals surface area (Å²) in [5.41, 5.74) is 0.870. The molecule has 27 heavy (non-hydrogen) atoms. The van der Waals surface area contributed by atoms with Gasteiger partial charge in [0.05, 0.1) is 24.2 Å².